The van der Waals surface area contributed by atoms with Gasteiger partial charge in [0, 0.05) is 64.1 Å². The number of amides is 8. The van der Waals surface area contributed by atoms with Gasteiger partial charge in [0.2, 0.25) is 11.8 Å². The highest BCUT2D eigenvalue weighted by atomic mass is 32.2. The SMILES string of the molecule is COc1ccc(CC(NC(=O)NCCOCCOCCNC(=O)NCCOCCOCCNC(=O)CCCCC2SCC3NC(=O)NC32)C(=O)NC2C(CO)OC(n3cnc4c(N(C)C)ncnc43)C2O)cc1. The first-order valence-electron chi connectivity index (χ1n) is 24.5. The molecule has 3 fully saturated rings. The van der Waals surface area contributed by atoms with Gasteiger partial charge in [-0.2, -0.15) is 11.8 Å². The lowest BCUT2D eigenvalue weighted by molar-refractivity contribution is -0.124. The summed E-state index contributed by atoms with van der Waals surface area (Å²) in [5.41, 5.74) is 1.59. The van der Waals surface area contributed by atoms with E-state index >= 15 is 0 Å². The molecule has 6 rings (SSSR count). The second-order valence-electron chi connectivity index (χ2n) is 17.5. The lowest BCUT2D eigenvalue weighted by Gasteiger charge is -2.25. The van der Waals surface area contributed by atoms with Crippen LogP contribution in [-0.4, -0.2) is 214 Å². The third-order valence-corrected chi connectivity index (χ3v) is 13.6. The van der Waals surface area contributed by atoms with Crippen LogP contribution in [0.15, 0.2) is 36.9 Å². The Morgan fingerprint density at radius 3 is 2.14 bits per heavy atom. The molecular weight excluding hydrogens is 975 g/mol. The number of anilines is 1. The molecule has 10 N–H and O–H groups in total. The Kier molecular flexibility index (Phi) is 23.0. The fourth-order valence-electron chi connectivity index (χ4n) is 8.38. The van der Waals surface area contributed by atoms with Gasteiger partial charge in [0.25, 0.3) is 0 Å². The van der Waals surface area contributed by atoms with Crippen molar-refractivity contribution < 1.29 is 62.6 Å². The van der Waals surface area contributed by atoms with Crippen LogP contribution in [-0.2, 0) is 39.7 Å². The van der Waals surface area contributed by atoms with Gasteiger partial charge >= 0.3 is 18.1 Å². The van der Waals surface area contributed by atoms with Crippen LogP contribution >= 0.6 is 11.8 Å². The smallest absolute Gasteiger partial charge is 0.315 e. The van der Waals surface area contributed by atoms with E-state index in [9.17, 15) is 34.2 Å². The first-order valence-corrected chi connectivity index (χ1v) is 25.6. The van der Waals surface area contributed by atoms with E-state index in [2.05, 4.69) is 57.5 Å². The van der Waals surface area contributed by atoms with Gasteiger partial charge in [0.05, 0.1) is 91.0 Å². The molecule has 3 aliphatic rings. The summed E-state index contributed by atoms with van der Waals surface area (Å²) in [6.45, 7) is 2.85. The number of rotatable bonds is 32. The van der Waals surface area contributed by atoms with Crippen molar-refractivity contribution >= 4 is 58.7 Å². The molecule has 8 amide bonds. The van der Waals surface area contributed by atoms with Crippen LogP contribution in [0, 0.1) is 0 Å². The van der Waals surface area contributed by atoms with Crippen molar-refractivity contribution in [1.82, 2.24) is 62.1 Å². The summed E-state index contributed by atoms with van der Waals surface area (Å²) in [6, 6.07) is 4.16. The average molecular weight is 1050 g/mol. The topological polar surface area (TPSA) is 324 Å². The number of aliphatic hydroxyl groups is 2. The van der Waals surface area contributed by atoms with Crippen molar-refractivity contribution in [2.24, 2.45) is 0 Å². The molecule has 0 saturated carbocycles. The molecule has 0 spiro atoms. The largest absolute Gasteiger partial charge is 0.497 e. The number of nitrogens with one attached hydrogen (secondary N) is 8. The van der Waals surface area contributed by atoms with Crippen LogP contribution < -0.4 is 52.2 Å². The predicted molar refractivity (Wildman–Crippen MR) is 267 cm³/mol. The lowest BCUT2D eigenvalue weighted by Crippen LogP contribution is -2.57. The molecule has 0 radical (unpaired) electrons. The first-order chi connectivity index (χ1) is 35.4. The number of methoxy groups -OCH3 is 1. The molecule has 2 aromatic heterocycles. The van der Waals surface area contributed by atoms with E-state index in [1.165, 1.54) is 24.3 Å². The van der Waals surface area contributed by atoms with Gasteiger partial charge in [-0.15, -0.1) is 0 Å². The zero-order chi connectivity index (χ0) is 52.0. The Morgan fingerprint density at radius 1 is 0.863 bits per heavy atom. The Bertz CT molecular complexity index is 2210. The number of aliphatic hydroxyl groups excluding tert-OH is 2. The van der Waals surface area contributed by atoms with Crippen LogP contribution in [0.1, 0.15) is 37.5 Å². The van der Waals surface area contributed by atoms with Crippen molar-refractivity contribution in [3.8, 4) is 5.75 Å². The van der Waals surface area contributed by atoms with Crippen LogP contribution in [0.5, 0.6) is 5.75 Å². The number of unbranched alkanes of at least 4 members (excludes halogenated alkanes) is 1. The average Bonchev–Trinajstić information content (AvgIpc) is 4.16. The van der Waals surface area contributed by atoms with Gasteiger partial charge in [0.15, 0.2) is 23.2 Å². The molecule has 8 unspecified atom stereocenters. The van der Waals surface area contributed by atoms with Crippen molar-refractivity contribution in [2.45, 2.75) is 80.0 Å². The minimum absolute atomic E-state index is 0.00618. The summed E-state index contributed by atoms with van der Waals surface area (Å²) in [7, 11) is 5.16. The standard InChI is InChI=1S/C46H71N13O13S/c1-58(2)40-38-41(52-27-51-40)59(28-53-38)43-39(62)37(33(25-60)72-43)56-42(63)31(24-29-8-10-30(67-3)11-9-29)54-45(65)50-15-19-71-23-22-70-18-14-49-44(64)48-13-17-69-21-20-68-16-12-47-35(61)7-5-4-6-34-36-32(26-73-34)55-46(66)57-36/h8-11,27-28,31-34,36-37,39,43,60,62H,4-7,12-26H2,1-3H3,(H,47,61)(H,56,63)(H2,48,49,64)(H2,50,54,65)(H2,55,57,66). The number of carbonyl (C=O) groups excluding carboxylic acids is 5. The van der Waals surface area contributed by atoms with E-state index < -0.39 is 49.1 Å². The molecule has 404 valence electrons. The number of benzene rings is 1. The molecule has 0 bridgehead atoms. The maximum Gasteiger partial charge on any atom is 0.315 e. The van der Waals surface area contributed by atoms with Gasteiger partial charge in [-0.3, -0.25) is 14.2 Å². The van der Waals surface area contributed by atoms with Gasteiger partial charge < -0.3 is 86.1 Å². The number of aromatic nitrogens is 4. The number of hydrogen-bond acceptors (Lipinski definition) is 18. The third-order valence-electron chi connectivity index (χ3n) is 12.1. The fourth-order valence-corrected chi connectivity index (χ4v) is 9.93. The van der Waals surface area contributed by atoms with Crippen molar-refractivity contribution in [3.05, 3.63) is 42.5 Å². The van der Waals surface area contributed by atoms with Crippen LogP contribution in [0.25, 0.3) is 11.2 Å². The summed E-state index contributed by atoms with van der Waals surface area (Å²) in [5.74, 6) is 1.48. The molecule has 3 aromatic rings. The normalized spacial score (nSPS) is 21.4. The molecule has 73 heavy (non-hydrogen) atoms. The highest BCUT2D eigenvalue weighted by Crippen LogP contribution is 2.34. The maximum atomic E-state index is 13.9. The minimum Gasteiger partial charge on any atom is -0.497 e. The minimum atomic E-state index is -1.33. The van der Waals surface area contributed by atoms with E-state index in [1.807, 2.05) is 25.9 Å². The van der Waals surface area contributed by atoms with Gasteiger partial charge in [-0.25, -0.2) is 29.3 Å². The second-order valence-corrected chi connectivity index (χ2v) is 18.8. The monoisotopic (exact) mass is 1050 g/mol. The molecule has 8 atom stereocenters. The second kappa shape index (κ2) is 29.8. The molecule has 3 aliphatic heterocycles. The quantitative estimate of drug-likeness (QED) is 0.0258. The lowest BCUT2D eigenvalue weighted by atomic mass is 10.0. The third kappa shape index (κ3) is 17.4. The number of thioether (sulfide) groups is 1. The Labute approximate surface area is 427 Å². The van der Waals surface area contributed by atoms with Crippen molar-refractivity contribution in [3.63, 3.8) is 0 Å². The van der Waals surface area contributed by atoms with Crippen LogP contribution in [0.3, 0.4) is 0 Å². The Hall–Kier alpha value is -5.81. The van der Waals surface area contributed by atoms with Crippen LogP contribution in [0.2, 0.25) is 0 Å². The summed E-state index contributed by atoms with van der Waals surface area (Å²) in [6.07, 6.45) is 2.69. The number of urea groups is 3. The van der Waals surface area contributed by atoms with E-state index in [0.29, 0.717) is 73.9 Å². The highest BCUT2D eigenvalue weighted by molar-refractivity contribution is 8.00. The highest BCUT2D eigenvalue weighted by Gasteiger charge is 2.47. The van der Waals surface area contributed by atoms with Crippen LogP contribution in [0.4, 0.5) is 20.2 Å². The zero-order valence-corrected chi connectivity index (χ0v) is 42.4. The molecular formula is C46H71N13O13S. The number of carbonyl (C=O) groups is 5. The molecule has 5 heterocycles. The summed E-state index contributed by atoms with van der Waals surface area (Å²) in [4.78, 5) is 77.5. The van der Waals surface area contributed by atoms with Gasteiger partial charge in [-0.1, -0.05) is 18.6 Å². The van der Waals surface area contributed by atoms with E-state index in [0.717, 1.165) is 30.6 Å². The number of fused-ring (bicyclic) bond motifs is 2. The van der Waals surface area contributed by atoms with Crippen molar-refractivity contribution in [2.75, 3.05) is 117 Å². The molecule has 3 saturated heterocycles. The first kappa shape index (κ1) is 56.5. The Balaban J connectivity index is 0.770. The number of nitrogens with zero attached hydrogens (tertiary/aromatic N) is 5. The number of imidazole rings is 1. The Morgan fingerprint density at radius 2 is 1.51 bits per heavy atom. The summed E-state index contributed by atoms with van der Waals surface area (Å²) < 4.78 is 34.9. The molecule has 0 aliphatic carbocycles. The van der Waals surface area contributed by atoms with Gasteiger partial charge in [-0.05, 0) is 30.5 Å². The molecule has 1 aromatic carbocycles. The maximum absolute atomic E-state index is 13.9. The predicted octanol–water partition coefficient (Wildman–Crippen LogP) is -1.25. The number of hydrogen-bond donors (Lipinski definition) is 10. The molecule has 27 heteroatoms. The summed E-state index contributed by atoms with van der Waals surface area (Å²) >= 11 is 1.88. The van der Waals surface area contributed by atoms with E-state index in [4.69, 9.17) is 28.4 Å². The van der Waals surface area contributed by atoms with E-state index in [-0.39, 0.29) is 76.0 Å². The van der Waals surface area contributed by atoms with Gasteiger partial charge in [0.1, 0.15) is 30.3 Å². The van der Waals surface area contributed by atoms with Crippen molar-refractivity contribution in [1.29, 1.82) is 0 Å². The number of ether oxygens (including phenoxy) is 6. The zero-order valence-electron chi connectivity index (χ0n) is 41.5. The fraction of sp³-hybridized carbons (Fsp3) is 0.652. The van der Waals surface area contributed by atoms with E-state index in [1.54, 1.807) is 29.2 Å². The molecule has 26 nitrogen and oxygen atoms in total. The summed E-state index contributed by atoms with van der Waals surface area (Å²) in [5, 5.41) is 44.5.